The quantitative estimate of drug-likeness (QED) is 0.686. The van der Waals surface area contributed by atoms with Crippen molar-refractivity contribution >= 4 is 11.8 Å². The van der Waals surface area contributed by atoms with Gasteiger partial charge in [-0.3, -0.25) is 0 Å². The van der Waals surface area contributed by atoms with Crippen LogP contribution in [0.15, 0.2) is 0 Å². The highest BCUT2D eigenvalue weighted by Gasteiger charge is 2.35. The Morgan fingerprint density at radius 1 is 1.45 bits per heavy atom. The fourth-order valence-electron chi connectivity index (χ4n) is 1.56. The average Bonchev–Trinajstić information content (AvgIpc) is 2.05. The van der Waals surface area contributed by atoms with Crippen molar-refractivity contribution in [1.29, 1.82) is 0 Å². The summed E-state index contributed by atoms with van der Waals surface area (Å²) in [6, 6.07) is 0.279. The molecule has 1 unspecified atom stereocenters. The summed E-state index contributed by atoms with van der Waals surface area (Å²) in [6.07, 6.45) is 4.35. The molecule has 1 saturated heterocycles. The lowest BCUT2D eigenvalue weighted by atomic mass is 9.92. The van der Waals surface area contributed by atoms with E-state index in [1.165, 1.54) is 0 Å². The van der Waals surface area contributed by atoms with E-state index in [1.54, 1.807) is 0 Å². The molecule has 0 bridgehead atoms. The molecule has 0 amide bonds. The molecule has 1 aliphatic rings. The molecular formula is C8H17NOS. The van der Waals surface area contributed by atoms with Crippen molar-refractivity contribution in [3.05, 3.63) is 0 Å². The van der Waals surface area contributed by atoms with E-state index in [-0.39, 0.29) is 10.8 Å². The van der Waals surface area contributed by atoms with Crippen molar-refractivity contribution in [2.75, 3.05) is 19.5 Å². The minimum Gasteiger partial charge on any atom is -0.381 e. The summed E-state index contributed by atoms with van der Waals surface area (Å²) >= 11 is 1.90. The van der Waals surface area contributed by atoms with Gasteiger partial charge in [0, 0.05) is 24.0 Å². The van der Waals surface area contributed by atoms with Crippen LogP contribution in [0.2, 0.25) is 0 Å². The molecule has 0 aromatic heterocycles. The first-order valence-electron chi connectivity index (χ1n) is 4.10. The van der Waals surface area contributed by atoms with Gasteiger partial charge in [-0.05, 0) is 26.0 Å². The highest BCUT2D eigenvalue weighted by molar-refractivity contribution is 8.00. The molecule has 2 nitrogen and oxygen atoms in total. The minimum absolute atomic E-state index is 0.279. The fourth-order valence-corrected chi connectivity index (χ4v) is 2.51. The van der Waals surface area contributed by atoms with Crippen molar-refractivity contribution in [2.24, 2.45) is 5.73 Å². The zero-order valence-corrected chi connectivity index (χ0v) is 8.12. The molecule has 0 aliphatic carbocycles. The van der Waals surface area contributed by atoms with Crippen molar-refractivity contribution in [2.45, 2.75) is 30.6 Å². The van der Waals surface area contributed by atoms with Crippen LogP contribution in [0.1, 0.15) is 19.8 Å². The van der Waals surface area contributed by atoms with Gasteiger partial charge in [-0.15, -0.1) is 0 Å². The SMILES string of the molecule is CSC1(C(C)N)CCOCC1. The highest BCUT2D eigenvalue weighted by atomic mass is 32.2. The van der Waals surface area contributed by atoms with E-state index in [2.05, 4.69) is 13.2 Å². The Balaban J connectivity index is 2.57. The third-order valence-corrected chi connectivity index (χ3v) is 4.17. The minimum atomic E-state index is 0.279. The van der Waals surface area contributed by atoms with Crippen molar-refractivity contribution in [1.82, 2.24) is 0 Å². The summed E-state index contributed by atoms with van der Waals surface area (Å²) in [5, 5.41) is 0. The van der Waals surface area contributed by atoms with E-state index in [0.29, 0.717) is 0 Å². The molecule has 0 spiro atoms. The maximum atomic E-state index is 5.94. The Hall–Kier alpha value is 0.270. The number of hydrogen-bond donors (Lipinski definition) is 1. The Morgan fingerprint density at radius 3 is 2.27 bits per heavy atom. The van der Waals surface area contributed by atoms with Crippen molar-refractivity contribution in [3.8, 4) is 0 Å². The van der Waals surface area contributed by atoms with E-state index in [0.717, 1.165) is 26.1 Å². The third-order valence-electron chi connectivity index (χ3n) is 2.58. The number of ether oxygens (including phenoxy) is 1. The van der Waals surface area contributed by atoms with E-state index >= 15 is 0 Å². The van der Waals surface area contributed by atoms with Gasteiger partial charge in [0.15, 0.2) is 0 Å². The molecule has 0 aromatic carbocycles. The van der Waals surface area contributed by atoms with Gasteiger partial charge in [0.25, 0.3) is 0 Å². The third kappa shape index (κ3) is 1.89. The highest BCUT2D eigenvalue weighted by Crippen LogP contribution is 2.35. The van der Waals surface area contributed by atoms with Gasteiger partial charge in [0.1, 0.15) is 0 Å². The van der Waals surface area contributed by atoms with Gasteiger partial charge in [-0.1, -0.05) is 0 Å². The van der Waals surface area contributed by atoms with Crippen LogP contribution in [-0.4, -0.2) is 30.3 Å². The molecule has 1 rings (SSSR count). The van der Waals surface area contributed by atoms with Crippen LogP contribution in [0.3, 0.4) is 0 Å². The van der Waals surface area contributed by atoms with Gasteiger partial charge < -0.3 is 10.5 Å². The lowest BCUT2D eigenvalue weighted by Gasteiger charge is -2.38. The maximum absolute atomic E-state index is 5.94. The largest absolute Gasteiger partial charge is 0.381 e. The number of rotatable bonds is 2. The van der Waals surface area contributed by atoms with Crippen LogP contribution in [0.5, 0.6) is 0 Å². The van der Waals surface area contributed by atoms with Crippen LogP contribution in [0, 0.1) is 0 Å². The van der Waals surface area contributed by atoms with Crippen LogP contribution in [0.4, 0.5) is 0 Å². The zero-order valence-electron chi connectivity index (χ0n) is 7.30. The van der Waals surface area contributed by atoms with Crippen LogP contribution >= 0.6 is 11.8 Å². The average molecular weight is 175 g/mol. The van der Waals surface area contributed by atoms with Crippen LogP contribution in [0.25, 0.3) is 0 Å². The molecule has 1 atom stereocenters. The standard InChI is InChI=1S/C8H17NOS/c1-7(9)8(11-2)3-5-10-6-4-8/h7H,3-6,9H2,1-2H3. The second-order valence-electron chi connectivity index (χ2n) is 3.17. The first kappa shape index (κ1) is 9.36. The zero-order chi connectivity index (χ0) is 8.32. The maximum Gasteiger partial charge on any atom is 0.0479 e. The summed E-state index contributed by atoms with van der Waals surface area (Å²) < 4.78 is 5.60. The summed E-state index contributed by atoms with van der Waals surface area (Å²) in [5.74, 6) is 0. The lowest BCUT2D eigenvalue weighted by Crippen LogP contribution is -2.47. The first-order valence-corrected chi connectivity index (χ1v) is 5.32. The number of nitrogens with two attached hydrogens (primary N) is 1. The van der Waals surface area contributed by atoms with Gasteiger partial charge in [0.05, 0.1) is 0 Å². The summed E-state index contributed by atoms with van der Waals surface area (Å²) in [6.45, 7) is 3.85. The molecule has 0 saturated carbocycles. The van der Waals surface area contributed by atoms with E-state index in [9.17, 15) is 0 Å². The first-order chi connectivity index (χ1) is 5.21. The molecule has 0 radical (unpaired) electrons. The van der Waals surface area contributed by atoms with Crippen LogP contribution in [-0.2, 0) is 4.74 Å². The number of thioether (sulfide) groups is 1. The van der Waals surface area contributed by atoms with E-state index < -0.39 is 0 Å². The van der Waals surface area contributed by atoms with Gasteiger partial charge >= 0.3 is 0 Å². The van der Waals surface area contributed by atoms with Crippen LogP contribution < -0.4 is 5.73 Å². The van der Waals surface area contributed by atoms with Gasteiger partial charge in [-0.2, -0.15) is 11.8 Å². The second kappa shape index (κ2) is 3.78. The topological polar surface area (TPSA) is 35.2 Å². The van der Waals surface area contributed by atoms with Crippen molar-refractivity contribution < 1.29 is 4.74 Å². The molecular weight excluding hydrogens is 158 g/mol. The van der Waals surface area contributed by atoms with Gasteiger partial charge in [0.2, 0.25) is 0 Å². The fraction of sp³-hybridized carbons (Fsp3) is 1.00. The second-order valence-corrected chi connectivity index (χ2v) is 4.39. The monoisotopic (exact) mass is 175 g/mol. The molecule has 1 heterocycles. The lowest BCUT2D eigenvalue weighted by molar-refractivity contribution is 0.0723. The Kier molecular flexibility index (Phi) is 3.22. The summed E-state index contributed by atoms with van der Waals surface area (Å²) in [5.41, 5.74) is 5.94. The Morgan fingerprint density at radius 2 is 2.00 bits per heavy atom. The summed E-state index contributed by atoms with van der Waals surface area (Å²) in [7, 11) is 0. The van der Waals surface area contributed by atoms with Gasteiger partial charge in [-0.25, -0.2) is 0 Å². The molecule has 11 heavy (non-hydrogen) atoms. The Labute approximate surface area is 72.9 Å². The smallest absolute Gasteiger partial charge is 0.0479 e. The van der Waals surface area contributed by atoms with E-state index in [1.807, 2.05) is 11.8 Å². The molecule has 0 aromatic rings. The molecule has 1 fully saturated rings. The summed E-state index contributed by atoms with van der Waals surface area (Å²) in [4.78, 5) is 0. The molecule has 2 N–H and O–H groups in total. The predicted octanol–water partition coefficient (Wildman–Crippen LogP) is 1.25. The van der Waals surface area contributed by atoms with Crippen molar-refractivity contribution in [3.63, 3.8) is 0 Å². The molecule has 66 valence electrons. The van der Waals surface area contributed by atoms with E-state index in [4.69, 9.17) is 10.5 Å². The molecule has 1 aliphatic heterocycles. The molecule has 3 heteroatoms. The Bertz CT molecular complexity index is 121. The predicted molar refractivity (Wildman–Crippen MR) is 49.9 cm³/mol. The normalized spacial score (nSPS) is 26.5. The number of hydrogen-bond acceptors (Lipinski definition) is 3.